The summed E-state index contributed by atoms with van der Waals surface area (Å²) < 4.78 is 10.9. The highest BCUT2D eigenvalue weighted by Gasteiger charge is 2.36. The molecule has 0 saturated heterocycles. The minimum Gasteiger partial charge on any atom is -0.454 e. The molecule has 26 heavy (non-hydrogen) atoms. The molecule has 4 nitrogen and oxygen atoms in total. The average Bonchev–Trinajstić information content (AvgIpc) is 2.52. The predicted octanol–water partition coefficient (Wildman–Crippen LogP) is 5.28. The third-order valence-electron chi connectivity index (χ3n) is 6.57. The van der Waals surface area contributed by atoms with Gasteiger partial charge in [0.2, 0.25) is 0 Å². The third-order valence-corrected chi connectivity index (χ3v) is 6.57. The summed E-state index contributed by atoms with van der Waals surface area (Å²) in [5.74, 6) is -1.01. The quantitative estimate of drug-likeness (QED) is 0.501. The molecule has 4 heteroatoms. The Morgan fingerprint density at radius 3 is 1.42 bits per heavy atom. The van der Waals surface area contributed by atoms with Crippen LogP contribution in [0.1, 0.15) is 92.9 Å². The lowest BCUT2D eigenvalue weighted by atomic mass is 9.71. The van der Waals surface area contributed by atoms with Crippen LogP contribution in [-0.4, -0.2) is 24.1 Å². The number of ether oxygens (including phenoxy) is 2. The van der Waals surface area contributed by atoms with E-state index in [0.717, 1.165) is 38.5 Å². The fraction of sp³-hybridized carbons (Fsp3) is 0.909. The molecule has 2 aliphatic carbocycles. The minimum atomic E-state index is -0.831. The Hall–Kier alpha value is -1.06. The highest BCUT2D eigenvalue weighted by Crippen LogP contribution is 2.41. The van der Waals surface area contributed by atoms with E-state index in [1.54, 1.807) is 0 Å². The topological polar surface area (TPSA) is 52.6 Å². The first kappa shape index (κ1) is 21.2. The Balaban J connectivity index is 1.82. The molecule has 0 N–H and O–H groups in total. The zero-order valence-electron chi connectivity index (χ0n) is 17.6. The fourth-order valence-corrected chi connectivity index (χ4v) is 4.94. The van der Waals surface area contributed by atoms with Crippen molar-refractivity contribution in [3.63, 3.8) is 0 Å². The maximum Gasteiger partial charge on any atom is 0.417 e. The second kappa shape index (κ2) is 8.31. The van der Waals surface area contributed by atoms with E-state index >= 15 is 0 Å². The van der Waals surface area contributed by atoms with E-state index in [1.807, 2.05) is 13.8 Å². The molecule has 0 aliphatic heterocycles. The van der Waals surface area contributed by atoms with E-state index in [0.29, 0.717) is 11.8 Å². The van der Waals surface area contributed by atoms with Crippen molar-refractivity contribution >= 4 is 11.9 Å². The molecule has 0 bridgehead atoms. The van der Waals surface area contributed by atoms with Gasteiger partial charge in [0.1, 0.15) is 12.2 Å². The summed E-state index contributed by atoms with van der Waals surface area (Å²) >= 11 is 0. The monoisotopic (exact) mass is 366 g/mol. The molecular weight excluding hydrogens is 328 g/mol. The molecule has 2 fully saturated rings. The molecule has 0 spiro atoms. The minimum absolute atomic E-state index is 0.237. The summed E-state index contributed by atoms with van der Waals surface area (Å²) in [5.41, 5.74) is 0.568. The lowest BCUT2D eigenvalue weighted by molar-refractivity contribution is -0.177. The first-order valence-electron chi connectivity index (χ1n) is 10.4. The summed E-state index contributed by atoms with van der Waals surface area (Å²) in [6.07, 6.45) is 8.42. The van der Waals surface area contributed by atoms with Crippen molar-refractivity contribution in [3.8, 4) is 0 Å². The molecule has 0 heterocycles. The summed E-state index contributed by atoms with van der Waals surface area (Å²) in [7, 11) is 0. The molecule has 2 saturated carbocycles. The maximum absolute atomic E-state index is 12.2. The van der Waals surface area contributed by atoms with Gasteiger partial charge in [-0.3, -0.25) is 0 Å². The van der Waals surface area contributed by atoms with E-state index in [4.69, 9.17) is 9.47 Å². The highest BCUT2D eigenvalue weighted by atomic mass is 16.6. The first-order chi connectivity index (χ1) is 12.0. The van der Waals surface area contributed by atoms with Gasteiger partial charge in [-0.05, 0) is 75.0 Å². The lowest BCUT2D eigenvalue weighted by Crippen LogP contribution is -2.37. The van der Waals surface area contributed by atoms with Crippen LogP contribution in [0.3, 0.4) is 0 Å². The van der Waals surface area contributed by atoms with Crippen LogP contribution < -0.4 is 0 Å². The van der Waals surface area contributed by atoms with E-state index in [9.17, 15) is 9.59 Å². The maximum atomic E-state index is 12.2. The Morgan fingerprint density at radius 2 is 1.12 bits per heavy atom. The number of hydrogen-bond donors (Lipinski definition) is 0. The van der Waals surface area contributed by atoms with Crippen molar-refractivity contribution in [2.75, 3.05) is 0 Å². The van der Waals surface area contributed by atoms with Crippen LogP contribution in [0, 0.1) is 22.7 Å². The summed E-state index contributed by atoms with van der Waals surface area (Å²) in [4.78, 5) is 24.4. The average molecular weight is 367 g/mol. The molecule has 0 radical (unpaired) electrons. The van der Waals surface area contributed by atoms with Crippen molar-refractivity contribution in [2.45, 2.75) is 105 Å². The molecule has 2 aliphatic rings. The highest BCUT2D eigenvalue weighted by molar-refractivity contribution is 6.29. The van der Waals surface area contributed by atoms with Crippen molar-refractivity contribution in [3.05, 3.63) is 0 Å². The van der Waals surface area contributed by atoms with Crippen molar-refractivity contribution in [1.82, 2.24) is 0 Å². The van der Waals surface area contributed by atoms with Crippen LogP contribution in [0.25, 0.3) is 0 Å². The van der Waals surface area contributed by atoms with Gasteiger partial charge in [0, 0.05) is 0 Å². The lowest BCUT2D eigenvalue weighted by Gasteiger charge is -2.38. The van der Waals surface area contributed by atoms with E-state index in [2.05, 4.69) is 27.7 Å². The van der Waals surface area contributed by atoms with Crippen LogP contribution in [-0.2, 0) is 19.1 Å². The number of esters is 2. The zero-order valence-corrected chi connectivity index (χ0v) is 17.6. The normalized spacial score (nSPS) is 30.1. The fourth-order valence-electron chi connectivity index (χ4n) is 4.94. The molecule has 4 unspecified atom stereocenters. The van der Waals surface area contributed by atoms with Crippen LogP contribution in [0.5, 0.6) is 0 Å². The van der Waals surface area contributed by atoms with Gasteiger partial charge in [-0.15, -0.1) is 0 Å². The van der Waals surface area contributed by atoms with E-state index in [-0.39, 0.29) is 23.0 Å². The number of carbonyl (C=O) groups excluding carboxylic acids is 2. The molecule has 0 aromatic heterocycles. The van der Waals surface area contributed by atoms with Gasteiger partial charge in [0.25, 0.3) is 0 Å². The predicted molar refractivity (Wildman–Crippen MR) is 103 cm³/mol. The SMILES string of the molecule is CC(OC(=O)C(=O)OC(C)C1CCCC(C)(C)C1)C1CCCC(C)(C)C1. The van der Waals surface area contributed by atoms with E-state index < -0.39 is 11.9 Å². The van der Waals surface area contributed by atoms with Crippen LogP contribution >= 0.6 is 0 Å². The Bertz CT molecular complexity index is 462. The van der Waals surface area contributed by atoms with Crippen LogP contribution in [0.2, 0.25) is 0 Å². The molecule has 0 amide bonds. The van der Waals surface area contributed by atoms with Gasteiger partial charge < -0.3 is 9.47 Å². The van der Waals surface area contributed by atoms with Crippen molar-refractivity contribution < 1.29 is 19.1 Å². The molecule has 0 aromatic rings. The van der Waals surface area contributed by atoms with Crippen molar-refractivity contribution in [2.24, 2.45) is 22.7 Å². The Kier molecular flexibility index (Phi) is 6.79. The largest absolute Gasteiger partial charge is 0.454 e. The summed E-state index contributed by atoms with van der Waals surface area (Å²) in [6, 6.07) is 0. The van der Waals surface area contributed by atoms with Gasteiger partial charge in [-0.25, -0.2) is 9.59 Å². The first-order valence-corrected chi connectivity index (χ1v) is 10.4. The number of carbonyl (C=O) groups is 2. The van der Waals surface area contributed by atoms with Gasteiger partial charge in [0.05, 0.1) is 0 Å². The second-order valence-corrected chi connectivity index (χ2v) is 10.3. The second-order valence-electron chi connectivity index (χ2n) is 10.3. The van der Waals surface area contributed by atoms with Gasteiger partial charge in [0.15, 0.2) is 0 Å². The summed E-state index contributed by atoms with van der Waals surface area (Å²) in [6.45, 7) is 12.9. The number of hydrogen-bond acceptors (Lipinski definition) is 4. The van der Waals surface area contributed by atoms with Gasteiger partial charge in [-0.2, -0.15) is 0 Å². The smallest absolute Gasteiger partial charge is 0.417 e. The Morgan fingerprint density at radius 1 is 0.769 bits per heavy atom. The third kappa shape index (κ3) is 5.99. The standard InChI is InChI=1S/C22H38O4/c1-15(17-9-7-11-21(3,4)13-17)25-19(23)20(24)26-16(2)18-10-8-12-22(5,6)14-18/h15-18H,7-14H2,1-6H3. The van der Waals surface area contributed by atoms with E-state index in [1.165, 1.54) is 12.8 Å². The van der Waals surface area contributed by atoms with Gasteiger partial charge >= 0.3 is 11.9 Å². The van der Waals surface area contributed by atoms with Crippen molar-refractivity contribution in [1.29, 1.82) is 0 Å². The van der Waals surface area contributed by atoms with Gasteiger partial charge in [-0.1, -0.05) is 40.5 Å². The van der Waals surface area contributed by atoms with Crippen LogP contribution in [0.15, 0.2) is 0 Å². The summed E-state index contributed by atoms with van der Waals surface area (Å²) in [5, 5.41) is 0. The molecular formula is C22H38O4. The van der Waals surface area contributed by atoms with Crippen LogP contribution in [0.4, 0.5) is 0 Å². The molecule has 150 valence electrons. The molecule has 2 rings (SSSR count). The Labute approximate surface area is 159 Å². The molecule has 0 aromatic carbocycles. The zero-order chi connectivity index (χ0) is 19.5. The number of rotatable bonds is 4. The molecule has 4 atom stereocenters.